The number of nitro benzene ring substituents is 1. The fourth-order valence-electron chi connectivity index (χ4n) is 2.86. The number of rotatable bonds is 10. The van der Waals surface area contributed by atoms with E-state index in [2.05, 4.69) is 17.3 Å². The third-order valence-electron chi connectivity index (χ3n) is 4.58. The molecular weight excluding hydrogens is 400 g/mol. The lowest BCUT2D eigenvalue weighted by Gasteiger charge is -2.12. The number of hydrogen-bond donors (Lipinski definition) is 1. The number of methoxy groups -OCH3 is 1. The van der Waals surface area contributed by atoms with E-state index in [1.54, 1.807) is 31.5 Å². The van der Waals surface area contributed by atoms with E-state index in [9.17, 15) is 14.9 Å². The van der Waals surface area contributed by atoms with Crippen LogP contribution in [-0.4, -0.2) is 34.3 Å². The van der Waals surface area contributed by atoms with Gasteiger partial charge in [-0.2, -0.15) is 5.10 Å². The van der Waals surface area contributed by atoms with E-state index in [0.717, 1.165) is 18.4 Å². The third-order valence-corrected chi connectivity index (χ3v) is 4.58. The van der Waals surface area contributed by atoms with Gasteiger partial charge in [0.05, 0.1) is 24.3 Å². The number of amides is 1. The number of nitro groups is 1. The van der Waals surface area contributed by atoms with Gasteiger partial charge in [0.15, 0.2) is 17.2 Å². The van der Waals surface area contributed by atoms with Crippen molar-refractivity contribution in [2.24, 2.45) is 0 Å². The van der Waals surface area contributed by atoms with Crippen molar-refractivity contribution in [1.29, 1.82) is 0 Å². The summed E-state index contributed by atoms with van der Waals surface area (Å²) < 4.78 is 12.6. The number of ether oxygens (including phenoxy) is 2. The predicted molar refractivity (Wildman–Crippen MR) is 115 cm³/mol. The molecule has 0 unspecified atom stereocenters. The minimum absolute atomic E-state index is 0.00826. The van der Waals surface area contributed by atoms with Gasteiger partial charge >= 0.3 is 0 Å². The highest BCUT2D eigenvalue weighted by atomic mass is 16.6. The molecule has 31 heavy (non-hydrogen) atoms. The number of benzene rings is 2. The Balaban J connectivity index is 1.61. The molecule has 1 aromatic heterocycles. The van der Waals surface area contributed by atoms with E-state index in [0.29, 0.717) is 30.3 Å². The summed E-state index contributed by atoms with van der Waals surface area (Å²) >= 11 is 0. The fourth-order valence-corrected chi connectivity index (χ4v) is 2.86. The summed E-state index contributed by atoms with van der Waals surface area (Å²) in [5.41, 5.74) is 1.71. The highest BCUT2D eigenvalue weighted by Crippen LogP contribution is 2.28. The van der Waals surface area contributed by atoms with Crippen LogP contribution in [0.25, 0.3) is 5.69 Å². The summed E-state index contributed by atoms with van der Waals surface area (Å²) in [6.45, 7) is 3.02. The van der Waals surface area contributed by atoms with Crippen LogP contribution in [0.1, 0.15) is 35.8 Å². The number of carbonyl (C=O) groups is 1. The SMILES string of the molecule is CCCCOc1ccc(CNC(=O)c2ccn(-c3ccc([N+](=O)[O-])cc3)n2)cc1OC. The van der Waals surface area contributed by atoms with Gasteiger partial charge in [-0.25, -0.2) is 4.68 Å². The van der Waals surface area contributed by atoms with E-state index >= 15 is 0 Å². The van der Waals surface area contributed by atoms with Crippen LogP contribution in [-0.2, 0) is 6.54 Å². The van der Waals surface area contributed by atoms with Crippen LogP contribution in [0.2, 0.25) is 0 Å². The first kappa shape index (κ1) is 21.8. The molecule has 2 aromatic carbocycles. The maximum absolute atomic E-state index is 12.5. The van der Waals surface area contributed by atoms with Gasteiger partial charge < -0.3 is 14.8 Å². The number of nitrogens with zero attached hydrogens (tertiary/aromatic N) is 3. The van der Waals surface area contributed by atoms with Crippen LogP contribution in [0, 0.1) is 10.1 Å². The molecule has 1 N–H and O–H groups in total. The highest BCUT2D eigenvalue weighted by Gasteiger charge is 2.12. The molecule has 0 bridgehead atoms. The molecule has 0 saturated heterocycles. The first-order chi connectivity index (χ1) is 15.0. The second-order valence-electron chi connectivity index (χ2n) is 6.79. The number of unbranched alkanes of at least 4 members (excludes halogenated alkanes) is 1. The lowest BCUT2D eigenvalue weighted by molar-refractivity contribution is -0.384. The van der Waals surface area contributed by atoms with Crippen molar-refractivity contribution in [3.05, 3.63) is 76.1 Å². The second-order valence-corrected chi connectivity index (χ2v) is 6.79. The monoisotopic (exact) mass is 424 g/mol. The van der Waals surface area contributed by atoms with Crippen LogP contribution >= 0.6 is 0 Å². The Morgan fingerprint density at radius 3 is 2.61 bits per heavy atom. The van der Waals surface area contributed by atoms with Crippen molar-refractivity contribution in [1.82, 2.24) is 15.1 Å². The number of carbonyl (C=O) groups excluding carboxylic acids is 1. The molecule has 9 nitrogen and oxygen atoms in total. The Kier molecular flexibility index (Phi) is 7.21. The molecule has 9 heteroatoms. The van der Waals surface area contributed by atoms with Crippen molar-refractivity contribution in [2.45, 2.75) is 26.3 Å². The van der Waals surface area contributed by atoms with Crippen molar-refractivity contribution in [2.75, 3.05) is 13.7 Å². The largest absolute Gasteiger partial charge is 0.493 e. The highest BCUT2D eigenvalue weighted by molar-refractivity contribution is 5.92. The topological polar surface area (TPSA) is 109 Å². The molecule has 0 aliphatic carbocycles. The summed E-state index contributed by atoms with van der Waals surface area (Å²) in [6.07, 6.45) is 3.64. The molecule has 0 atom stereocenters. The number of hydrogen-bond acceptors (Lipinski definition) is 6. The van der Waals surface area contributed by atoms with Gasteiger partial charge in [0.25, 0.3) is 11.6 Å². The standard InChI is InChI=1S/C22H24N4O5/c1-3-4-13-31-20-10-5-16(14-21(20)30-2)15-23-22(27)19-11-12-25(24-19)17-6-8-18(9-7-17)26(28)29/h5-12,14H,3-4,13,15H2,1-2H3,(H,23,27). The van der Waals surface area contributed by atoms with Gasteiger partial charge in [-0.3, -0.25) is 14.9 Å². The summed E-state index contributed by atoms with van der Waals surface area (Å²) in [7, 11) is 1.58. The summed E-state index contributed by atoms with van der Waals surface area (Å²) in [5.74, 6) is 0.959. The molecule has 0 aliphatic rings. The van der Waals surface area contributed by atoms with Crippen LogP contribution < -0.4 is 14.8 Å². The Bertz CT molecular complexity index is 1050. The molecule has 162 valence electrons. The lowest BCUT2D eigenvalue weighted by Crippen LogP contribution is -2.23. The van der Waals surface area contributed by atoms with Gasteiger partial charge in [0, 0.05) is 24.9 Å². The smallest absolute Gasteiger partial charge is 0.272 e. The molecule has 0 aliphatic heterocycles. The Morgan fingerprint density at radius 1 is 1.16 bits per heavy atom. The van der Waals surface area contributed by atoms with Crippen LogP contribution in [0.15, 0.2) is 54.7 Å². The first-order valence-corrected chi connectivity index (χ1v) is 9.90. The molecule has 0 saturated carbocycles. The minimum Gasteiger partial charge on any atom is -0.493 e. The number of nitrogens with one attached hydrogen (secondary N) is 1. The van der Waals surface area contributed by atoms with Gasteiger partial charge in [0.1, 0.15) is 0 Å². The molecule has 0 spiro atoms. The molecule has 3 rings (SSSR count). The minimum atomic E-state index is -0.468. The zero-order valence-electron chi connectivity index (χ0n) is 17.4. The second kappa shape index (κ2) is 10.2. The Labute approximate surface area is 179 Å². The molecule has 0 radical (unpaired) electrons. The summed E-state index contributed by atoms with van der Waals surface area (Å²) in [5, 5.41) is 17.8. The summed E-state index contributed by atoms with van der Waals surface area (Å²) in [4.78, 5) is 22.8. The Hall–Kier alpha value is -3.88. The van der Waals surface area contributed by atoms with E-state index in [4.69, 9.17) is 9.47 Å². The van der Waals surface area contributed by atoms with Gasteiger partial charge in [-0.05, 0) is 42.3 Å². The fraction of sp³-hybridized carbons (Fsp3) is 0.273. The van der Waals surface area contributed by atoms with Crippen LogP contribution in [0.5, 0.6) is 11.5 Å². The van der Waals surface area contributed by atoms with E-state index in [1.165, 1.54) is 16.8 Å². The van der Waals surface area contributed by atoms with E-state index in [-0.39, 0.29) is 17.3 Å². The average molecular weight is 424 g/mol. The van der Waals surface area contributed by atoms with Crippen LogP contribution in [0.4, 0.5) is 5.69 Å². The molecular formula is C22H24N4O5. The molecule has 0 fully saturated rings. The third kappa shape index (κ3) is 5.59. The normalized spacial score (nSPS) is 10.5. The molecule has 1 amide bonds. The maximum atomic E-state index is 12.5. The summed E-state index contributed by atoms with van der Waals surface area (Å²) in [6, 6.07) is 13.0. The maximum Gasteiger partial charge on any atom is 0.272 e. The number of aromatic nitrogens is 2. The molecule has 3 aromatic rings. The molecule has 1 heterocycles. The van der Waals surface area contributed by atoms with E-state index < -0.39 is 4.92 Å². The van der Waals surface area contributed by atoms with Crippen molar-refractivity contribution in [3.8, 4) is 17.2 Å². The first-order valence-electron chi connectivity index (χ1n) is 9.90. The lowest BCUT2D eigenvalue weighted by atomic mass is 10.2. The van der Waals surface area contributed by atoms with Gasteiger partial charge in [0.2, 0.25) is 0 Å². The average Bonchev–Trinajstić information content (AvgIpc) is 3.28. The predicted octanol–water partition coefficient (Wildman–Crippen LogP) is 3.90. The zero-order chi connectivity index (χ0) is 22.2. The number of non-ortho nitro benzene ring substituents is 1. The van der Waals surface area contributed by atoms with Gasteiger partial charge in [-0.15, -0.1) is 0 Å². The Morgan fingerprint density at radius 2 is 1.94 bits per heavy atom. The quantitative estimate of drug-likeness (QED) is 0.300. The van der Waals surface area contributed by atoms with Gasteiger partial charge in [-0.1, -0.05) is 19.4 Å². The van der Waals surface area contributed by atoms with Crippen molar-refractivity contribution < 1.29 is 19.2 Å². The van der Waals surface area contributed by atoms with E-state index in [1.807, 2.05) is 18.2 Å². The van der Waals surface area contributed by atoms with Crippen LogP contribution in [0.3, 0.4) is 0 Å². The van der Waals surface area contributed by atoms with Crippen molar-refractivity contribution in [3.63, 3.8) is 0 Å². The van der Waals surface area contributed by atoms with Crippen molar-refractivity contribution >= 4 is 11.6 Å². The zero-order valence-corrected chi connectivity index (χ0v) is 17.4.